The Morgan fingerprint density at radius 2 is 2.21 bits per heavy atom. The van der Waals surface area contributed by atoms with Crippen LogP contribution in [0, 0.1) is 5.92 Å². The third kappa shape index (κ3) is 1.54. The predicted molar refractivity (Wildman–Crippen MR) is 70.7 cm³/mol. The number of hydrogen-bond donors (Lipinski definition) is 3. The van der Waals surface area contributed by atoms with Crippen molar-refractivity contribution >= 4 is 11.6 Å². The van der Waals surface area contributed by atoms with Crippen LogP contribution in [0.1, 0.15) is 30.1 Å². The minimum Gasteiger partial charge on any atom is -0.505 e. The van der Waals surface area contributed by atoms with E-state index in [9.17, 15) is 15.0 Å². The number of nitrogens with two attached hydrogens (primary N) is 1. The van der Waals surface area contributed by atoms with E-state index in [2.05, 4.69) is 6.92 Å². The van der Waals surface area contributed by atoms with Gasteiger partial charge in [0.2, 0.25) is 0 Å². The van der Waals surface area contributed by atoms with E-state index in [0.717, 1.165) is 6.42 Å². The van der Waals surface area contributed by atoms with Gasteiger partial charge in [0.15, 0.2) is 5.75 Å². The molecular formula is C14H18N2O3. The zero-order valence-corrected chi connectivity index (χ0v) is 10.8. The molecule has 19 heavy (non-hydrogen) atoms. The number of hydrogen-bond acceptors (Lipinski definition) is 4. The molecule has 5 nitrogen and oxygen atoms in total. The second kappa shape index (κ2) is 3.87. The van der Waals surface area contributed by atoms with Crippen molar-refractivity contribution in [3.05, 3.63) is 23.8 Å². The molecule has 0 radical (unpaired) electrons. The van der Waals surface area contributed by atoms with Gasteiger partial charge < -0.3 is 20.8 Å². The average molecular weight is 262 g/mol. The van der Waals surface area contributed by atoms with Gasteiger partial charge in [0.05, 0.1) is 22.9 Å². The van der Waals surface area contributed by atoms with Crippen molar-refractivity contribution in [3.8, 4) is 5.75 Å². The largest absolute Gasteiger partial charge is 0.505 e. The van der Waals surface area contributed by atoms with Crippen molar-refractivity contribution in [1.29, 1.82) is 0 Å². The number of amides is 1. The number of para-hydroxylation sites is 1. The smallest absolute Gasteiger partial charge is 0.258 e. The van der Waals surface area contributed by atoms with Gasteiger partial charge in [-0.05, 0) is 24.5 Å². The molecule has 2 fully saturated rings. The molecule has 3 atom stereocenters. The summed E-state index contributed by atoms with van der Waals surface area (Å²) >= 11 is 0. The summed E-state index contributed by atoms with van der Waals surface area (Å²) in [5.41, 5.74) is 5.62. The Hall–Kier alpha value is -1.75. The van der Waals surface area contributed by atoms with E-state index in [1.54, 1.807) is 23.1 Å². The van der Waals surface area contributed by atoms with Crippen molar-refractivity contribution in [2.75, 3.05) is 12.3 Å². The standard InChI is InChI=1S/C14H18N2O3/c1-8-5-6-16(14(8)7-11(14)17)13(19)9-3-2-4-10(15)12(9)18/h2-4,8,11,17-18H,5-7,15H2,1H3/t8-,11-,14?/m0/s1. The van der Waals surface area contributed by atoms with Gasteiger partial charge in [0.1, 0.15) is 0 Å². The maximum atomic E-state index is 12.6. The lowest BCUT2D eigenvalue weighted by atomic mass is 10.00. The highest BCUT2D eigenvalue weighted by atomic mass is 16.3. The van der Waals surface area contributed by atoms with E-state index >= 15 is 0 Å². The van der Waals surface area contributed by atoms with Crippen LogP contribution in [-0.2, 0) is 0 Å². The van der Waals surface area contributed by atoms with Crippen LogP contribution in [0.2, 0.25) is 0 Å². The fraction of sp³-hybridized carbons (Fsp3) is 0.500. The first kappa shape index (κ1) is 12.3. The zero-order valence-electron chi connectivity index (χ0n) is 10.8. The summed E-state index contributed by atoms with van der Waals surface area (Å²) in [5.74, 6) is -0.127. The maximum Gasteiger partial charge on any atom is 0.258 e. The Labute approximate surface area is 111 Å². The number of aliphatic hydroxyl groups excluding tert-OH is 1. The van der Waals surface area contributed by atoms with Gasteiger partial charge >= 0.3 is 0 Å². The molecule has 1 saturated heterocycles. The quantitative estimate of drug-likeness (QED) is 0.519. The fourth-order valence-corrected chi connectivity index (χ4v) is 3.29. The van der Waals surface area contributed by atoms with Gasteiger partial charge in [-0.25, -0.2) is 0 Å². The summed E-state index contributed by atoms with van der Waals surface area (Å²) in [6.07, 6.45) is 1.06. The normalized spacial score (nSPS) is 32.8. The topological polar surface area (TPSA) is 86.8 Å². The van der Waals surface area contributed by atoms with Gasteiger partial charge in [-0.15, -0.1) is 0 Å². The first-order chi connectivity index (χ1) is 8.98. The van der Waals surface area contributed by atoms with E-state index in [1.165, 1.54) is 0 Å². The molecule has 1 saturated carbocycles. The average Bonchev–Trinajstić information content (AvgIpc) is 2.93. The fourth-order valence-electron chi connectivity index (χ4n) is 3.29. The third-order valence-electron chi connectivity index (χ3n) is 4.62. The van der Waals surface area contributed by atoms with Crippen LogP contribution in [0.15, 0.2) is 18.2 Å². The number of rotatable bonds is 1. The maximum absolute atomic E-state index is 12.6. The number of nitrogen functional groups attached to an aromatic ring is 1. The van der Waals surface area contributed by atoms with Crippen LogP contribution in [0.25, 0.3) is 0 Å². The molecule has 1 aliphatic carbocycles. The number of phenolic OH excluding ortho intramolecular Hbond substituents is 1. The van der Waals surface area contributed by atoms with Crippen LogP contribution in [0.4, 0.5) is 5.69 Å². The Balaban J connectivity index is 1.95. The summed E-state index contributed by atoms with van der Waals surface area (Å²) < 4.78 is 0. The second-order valence-corrected chi connectivity index (χ2v) is 5.60. The molecule has 1 amide bonds. The number of anilines is 1. The monoisotopic (exact) mass is 262 g/mol. The van der Waals surface area contributed by atoms with Crippen molar-refractivity contribution < 1.29 is 15.0 Å². The van der Waals surface area contributed by atoms with E-state index in [-0.39, 0.29) is 28.8 Å². The molecule has 5 heteroatoms. The number of aliphatic hydroxyl groups is 1. The summed E-state index contributed by atoms with van der Waals surface area (Å²) in [6, 6.07) is 4.78. The summed E-state index contributed by atoms with van der Waals surface area (Å²) in [4.78, 5) is 14.3. The van der Waals surface area contributed by atoms with Gasteiger partial charge in [-0.2, -0.15) is 0 Å². The number of nitrogens with zero attached hydrogens (tertiary/aromatic N) is 1. The first-order valence-electron chi connectivity index (χ1n) is 6.56. The van der Waals surface area contributed by atoms with Crippen LogP contribution in [0.3, 0.4) is 0 Å². The highest BCUT2D eigenvalue weighted by Crippen LogP contribution is 2.53. The molecule has 4 N–H and O–H groups in total. The Kier molecular flexibility index (Phi) is 2.50. The lowest BCUT2D eigenvalue weighted by Crippen LogP contribution is -2.42. The Morgan fingerprint density at radius 1 is 1.53 bits per heavy atom. The number of likely N-dealkylation sites (tertiary alicyclic amines) is 1. The molecule has 1 heterocycles. The van der Waals surface area contributed by atoms with E-state index in [0.29, 0.717) is 13.0 Å². The van der Waals surface area contributed by atoms with Crippen molar-refractivity contribution in [1.82, 2.24) is 4.90 Å². The SMILES string of the molecule is C[C@H]1CCN(C(=O)c2cccc(N)c2O)C12C[C@@H]2O. The second-order valence-electron chi connectivity index (χ2n) is 5.60. The van der Waals surface area contributed by atoms with Crippen LogP contribution >= 0.6 is 0 Å². The molecule has 3 rings (SSSR count). The molecule has 1 aromatic carbocycles. The highest BCUT2D eigenvalue weighted by molar-refractivity contribution is 5.99. The molecule has 0 aromatic heterocycles. The molecule has 0 bridgehead atoms. The third-order valence-corrected chi connectivity index (χ3v) is 4.62. The predicted octanol–water partition coefficient (Wildman–Crippen LogP) is 0.960. The zero-order chi connectivity index (χ0) is 13.8. The number of carbonyl (C=O) groups is 1. The Bertz CT molecular complexity index is 545. The Morgan fingerprint density at radius 3 is 2.84 bits per heavy atom. The minimum atomic E-state index is -0.447. The molecule has 1 unspecified atom stereocenters. The first-order valence-corrected chi connectivity index (χ1v) is 6.56. The summed E-state index contributed by atoms with van der Waals surface area (Å²) in [5, 5.41) is 19.8. The van der Waals surface area contributed by atoms with E-state index in [4.69, 9.17) is 5.73 Å². The number of phenols is 1. The molecular weight excluding hydrogens is 244 g/mol. The minimum absolute atomic E-state index is 0.169. The van der Waals surface area contributed by atoms with Crippen LogP contribution in [0.5, 0.6) is 5.75 Å². The lowest BCUT2D eigenvalue weighted by molar-refractivity contribution is 0.0625. The van der Waals surface area contributed by atoms with Gasteiger partial charge in [0, 0.05) is 13.0 Å². The summed E-state index contributed by atoms with van der Waals surface area (Å²) in [7, 11) is 0. The van der Waals surface area contributed by atoms with Crippen molar-refractivity contribution in [3.63, 3.8) is 0 Å². The lowest BCUT2D eigenvalue weighted by Gasteiger charge is -2.27. The molecule has 1 spiro atoms. The number of aromatic hydroxyl groups is 1. The van der Waals surface area contributed by atoms with Crippen LogP contribution < -0.4 is 5.73 Å². The molecule has 2 aliphatic rings. The number of benzene rings is 1. The molecule has 102 valence electrons. The molecule has 1 aromatic rings. The van der Waals surface area contributed by atoms with Crippen LogP contribution in [-0.4, -0.2) is 39.2 Å². The van der Waals surface area contributed by atoms with Gasteiger partial charge in [-0.3, -0.25) is 4.79 Å². The van der Waals surface area contributed by atoms with Crippen molar-refractivity contribution in [2.24, 2.45) is 5.92 Å². The van der Waals surface area contributed by atoms with Crippen molar-refractivity contribution in [2.45, 2.75) is 31.4 Å². The van der Waals surface area contributed by atoms with E-state index < -0.39 is 11.6 Å². The van der Waals surface area contributed by atoms with E-state index in [1.807, 2.05) is 0 Å². The highest BCUT2D eigenvalue weighted by Gasteiger charge is 2.65. The number of carbonyl (C=O) groups excluding carboxylic acids is 1. The van der Waals surface area contributed by atoms with Gasteiger partial charge in [0.25, 0.3) is 5.91 Å². The molecule has 1 aliphatic heterocycles. The summed E-state index contributed by atoms with van der Waals surface area (Å²) in [6.45, 7) is 2.67. The van der Waals surface area contributed by atoms with Gasteiger partial charge in [-0.1, -0.05) is 13.0 Å².